The molecule has 0 aromatic heterocycles. The minimum atomic E-state index is 0.652. The van der Waals surface area contributed by atoms with Gasteiger partial charge >= 0.3 is 0 Å². The summed E-state index contributed by atoms with van der Waals surface area (Å²) in [6.07, 6.45) is 8.11. The molecule has 3 unspecified atom stereocenters. The van der Waals surface area contributed by atoms with E-state index in [-0.39, 0.29) is 0 Å². The first-order valence-electron chi connectivity index (χ1n) is 7.36. The van der Waals surface area contributed by atoms with Crippen LogP contribution in [0.5, 0.6) is 0 Å². The minimum absolute atomic E-state index is 0.652. The van der Waals surface area contributed by atoms with Gasteiger partial charge in [0, 0.05) is 24.7 Å². The van der Waals surface area contributed by atoms with Gasteiger partial charge in [-0.2, -0.15) is 0 Å². The highest BCUT2D eigenvalue weighted by Crippen LogP contribution is 2.25. The summed E-state index contributed by atoms with van der Waals surface area (Å²) in [4.78, 5) is 2.60. The monoisotopic (exact) mass is 240 g/mol. The summed E-state index contributed by atoms with van der Waals surface area (Å²) in [6.45, 7) is 5.20. The number of rotatable bonds is 4. The Bertz CT molecular complexity index is 216. The fourth-order valence-electron chi connectivity index (χ4n) is 3.39. The number of nitrogens with zero attached hydrogens (tertiary/aromatic N) is 1. The smallest absolute Gasteiger partial charge is 0.0622 e. The Morgan fingerprint density at radius 2 is 2.00 bits per heavy atom. The third kappa shape index (κ3) is 3.43. The molecular weight excluding hydrogens is 212 g/mol. The minimum Gasteiger partial charge on any atom is -0.380 e. The Morgan fingerprint density at radius 1 is 1.18 bits per heavy atom. The zero-order valence-electron chi connectivity index (χ0n) is 11.5. The summed E-state index contributed by atoms with van der Waals surface area (Å²) in [5.41, 5.74) is 0. The fraction of sp³-hybridized carbons (Fsp3) is 1.00. The van der Waals surface area contributed by atoms with E-state index in [4.69, 9.17) is 4.74 Å². The summed E-state index contributed by atoms with van der Waals surface area (Å²) < 4.78 is 5.53. The van der Waals surface area contributed by atoms with Crippen LogP contribution in [0.1, 0.15) is 45.4 Å². The van der Waals surface area contributed by atoms with Crippen molar-refractivity contribution in [3.05, 3.63) is 0 Å². The first-order valence-corrected chi connectivity index (χ1v) is 7.36. The van der Waals surface area contributed by atoms with E-state index in [9.17, 15) is 0 Å². The van der Waals surface area contributed by atoms with E-state index in [1.807, 2.05) is 0 Å². The van der Waals surface area contributed by atoms with Crippen LogP contribution in [0.15, 0.2) is 0 Å². The second-order valence-electron chi connectivity index (χ2n) is 5.55. The van der Waals surface area contributed by atoms with E-state index < -0.39 is 0 Å². The van der Waals surface area contributed by atoms with Crippen LogP contribution >= 0.6 is 0 Å². The summed E-state index contributed by atoms with van der Waals surface area (Å²) in [7, 11) is 2.31. The van der Waals surface area contributed by atoms with Crippen LogP contribution in [0.2, 0.25) is 0 Å². The molecule has 2 aliphatic rings. The Kier molecular flexibility index (Phi) is 5.26. The third-order valence-electron chi connectivity index (χ3n) is 4.45. The second-order valence-corrected chi connectivity index (χ2v) is 5.55. The van der Waals surface area contributed by atoms with Gasteiger partial charge < -0.3 is 10.1 Å². The molecule has 2 fully saturated rings. The van der Waals surface area contributed by atoms with Crippen molar-refractivity contribution in [3.8, 4) is 0 Å². The molecule has 0 aromatic rings. The second kappa shape index (κ2) is 6.72. The number of ether oxygens (including phenoxy) is 1. The highest BCUT2D eigenvalue weighted by atomic mass is 16.5. The molecule has 1 N–H and O–H groups in total. The van der Waals surface area contributed by atoms with Crippen LogP contribution in [-0.2, 0) is 4.74 Å². The van der Waals surface area contributed by atoms with Crippen molar-refractivity contribution >= 4 is 0 Å². The average molecular weight is 240 g/mol. The summed E-state index contributed by atoms with van der Waals surface area (Å²) >= 11 is 0. The molecule has 17 heavy (non-hydrogen) atoms. The molecule has 2 rings (SSSR count). The number of hydrogen-bond acceptors (Lipinski definition) is 3. The predicted molar refractivity (Wildman–Crippen MR) is 71.3 cm³/mol. The van der Waals surface area contributed by atoms with Crippen molar-refractivity contribution < 1.29 is 4.74 Å². The summed E-state index contributed by atoms with van der Waals surface area (Å²) in [6, 6.07) is 2.05. The summed E-state index contributed by atoms with van der Waals surface area (Å²) in [5.74, 6) is 0. The Balaban J connectivity index is 1.97. The van der Waals surface area contributed by atoms with Crippen LogP contribution in [0.3, 0.4) is 0 Å². The van der Waals surface area contributed by atoms with Gasteiger partial charge in [0.15, 0.2) is 0 Å². The zero-order valence-corrected chi connectivity index (χ0v) is 11.5. The molecule has 0 aromatic carbocycles. The highest BCUT2D eigenvalue weighted by Gasteiger charge is 2.31. The lowest BCUT2D eigenvalue weighted by atomic mass is 9.99. The van der Waals surface area contributed by atoms with Gasteiger partial charge in [-0.15, -0.1) is 0 Å². The van der Waals surface area contributed by atoms with Crippen molar-refractivity contribution in [2.45, 2.75) is 63.6 Å². The number of hydrogen-bond donors (Lipinski definition) is 1. The van der Waals surface area contributed by atoms with E-state index in [2.05, 4.69) is 24.2 Å². The maximum atomic E-state index is 5.53. The molecular formula is C14H28N2O. The van der Waals surface area contributed by atoms with Gasteiger partial charge in [-0.1, -0.05) is 26.2 Å². The highest BCUT2D eigenvalue weighted by molar-refractivity contribution is 4.89. The van der Waals surface area contributed by atoms with Gasteiger partial charge in [-0.05, 0) is 32.9 Å². The standard InChI is InChI=1S/C14H28N2O/c1-3-15-13-7-5-4-6-8-14(13)16(2)12-9-10-17-11-12/h12-15H,3-11H2,1-2H3. The maximum absolute atomic E-state index is 5.53. The van der Waals surface area contributed by atoms with E-state index in [0.717, 1.165) is 19.8 Å². The van der Waals surface area contributed by atoms with Gasteiger partial charge in [-0.3, -0.25) is 4.90 Å². The van der Waals surface area contributed by atoms with Gasteiger partial charge in [0.2, 0.25) is 0 Å². The van der Waals surface area contributed by atoms with Gasteiger partial charge in [0.1, 0.15) is 0 Å². The molecule has 1 heterocycles. The van der Waals surface area contributed by atoms with Crippen molar-refractivity contribution in [2.75, 3.05) is 26.8 Å². The molecule has 1 saturated heterocycles. The lowest BCUT2D eigenvalue weighted by Crippen LogP contribution is -2.51. The Hall–Kier alpha value is -0.120. The molecule has 1 aliphatic carbocycles. The Morgan fingerprint density at radius 3 is 2.71 bits per heavy atom. The molecule has 0 radical (unpaired) electrons. The largest absolute Gasteiger partial charge is 0.380 e. The number of likely N-dealkylation sites (N-methyl/N-ethyl adjacent to an activating group) is 2. The van der Waals surface area contributed by atoms with Crippen molar-refractivity contribution in [1.29, 1.82) is 0 Å². The lowest BCUT2D eigenvalue weighted by Gasteiger charge is -2.37. The molecule has 1 aliphatic heterocycles. The molecule has 100 valence electrons. The SMILES string of the molecule is CCNC1CCCCCC1N(C)C1CCOC1. The molecule has 0 spiro atoms. The van der Waals surface area contributed by atoms with Gasteiger partial charge in [0.25, 0.3) is 0 Å². The first-order chi connectivity index (χ1) is 8.33. The topological polar surface area (TPSA) is 24.5 Å². The average Bonchev–Trinajstić information content (AvgIpc) is 2.77. The van der Waals surface area contributed by atoms with Crippen LogP contribution in [0, 0.1) is 0 Å². The normalized spacial score (nSPS) is 35.1. The lowest BCUT2D eigenvalue weighted by molar-refractivity contribution is 0.108. The molecule has 3 heteroatoms. The molecule has 3 nitrogen and oxygen atoms in total. The third-order valence-corrected chi connectivity index (χ3v) is 4.45. The molecule has 1 saturated carbocycles. The Labute approximate surface area is 106 Å². The van der Waals surface area contributed by atoms with Crippen molar-refractivity contribution in [1.82, 2.24) is 10.2 Å². The quantitative estimate of drug-likeness (QED) is 0.761. The predicted octanol–water partition coefficient (Wildman–Crippen LogP) is 2.02. The van der Waals surface area contributed by atoms with Gasteiger partial charge in [0.05, 0.1) is 6.61 Å². The van der Waals surface area contributed by atoms with Crippen LogP contribution < -0.4 is 5.32 Å². The van der Waals surface area contributed by atoms with Crippen LogP contribution in [0.4, 0.5) is 0 Å². The van der Waals surface area contributed by atoms with Gasteiger partial charge in [-0.25, -0.2) is 0 Å². The molecule has 0 bridgehead atoms. The van der Waals surface area contributed by atoms with Crippen LogP contribution in [0.25, 0.3) is 0 Å². The van der Waals surface area contributed by atoms with E-state index >= 15 is 0 Å². The zero-order chi connectivity index (χ0) is 12.1. The maximum Gasteiger partial charge on any atom is 0.0622 e. The summed E-state index contributed by atoms with van der Waals surface area (Å²) in [5, 5.41) is 3.70. The van der Waals surface area contributed by atoms with E-state index in [1.54, 1.807) is 0 Å². The van der Waals surface area contributed by atoms with Crippen molar-refractivity contribution in [2.24, 2.45) is 0 Å². The number of nitrogens with one attached hydrogen (secondary N) is 1. The van der Waals surface area contributed by atoms with Crippen molar-refractivity contribution in [3.63, 3.8) is 0 Å². The molecule has 0 amide bonds. The first kappa shape index (κ1) is 13.3. The van der Waals surface area contributed by atoms with Crippen LogP contribution in [-0.4, -0.2) is 49.8 Å². The van der Waals surface area contributed by atoms with E-state index in [1.165, 1.54) is 38.5 Å². The van der Waals surface area contributed by atoms with E-state index in [0.29, 0.717) is 18.1 Å². The molecule has 3 atom stereocenters. The fourth-order valence-corrected chi connectivity index (χ4v) is 3.39.